The van der Waals surface area contributed by atoms with E-state index in [4.69, 9.17) is 16.3 Å². The van der Waals surface area contributed by atoms with Crippen LogP contribution in [-0.4, -0.2) is 30.1 Å². The van der Waals surface area contributed by atoms with Crippen molar-refractivity contribution in [2.75, 3.05) is 12.0 Å². The summed E-state index contributed by atoms with van der Waals surface area (Å²) < 4.78 is 18.1. The first-order chi connectivity index (χ1) is 12.8. The minimum absolute atomic E-state index is 0.0451. The molecule has 0 spiro atoms. The molecule has 3 rings (SSSR count). The molecule has 0 saturated carbocycles. The molecule has 0 radical (unpaired) electrons. The number of anilines is 1. The summed E-state index contributed by atoms with van der Waals surface area (Å²) in [5, 5.41) is 11.8. The number of carbonyl (C=O) groups excluding carboxylic acids is 3. The van der Waals surface area contributed by atoms with E-state index in [1.807, 2.05) is 5.32 Å². The van der Waals surface area contributed by atoms with Gasteiger partial charge in [0.15, 0.2) is 11.5 Å². The van der Waals surface area contributed by atoms with Gasteiger partial charge in [0, 0.05) is 0 Å². The van der Waals surface area contributed by atoms with Crippen molar-refractivity contribution in [1.29, 1.82) is 0 Å². The monoisotopic (exact) mass is 390 g/mol. The van der Waals surface area contributed by atoms with Gasteiger partial charge in [0.2, 0.25) is 0 Å². The number of phenols is 1. The van der Waals surface area contributed by atoms with Crippen molar-refractivity contribution in [3.8, 4) is 11.5 Å². The zero-order valence-electron chi connectivity index (χ0n) is 13.8. The van der Waals surface area contributed by atoms with Crippen molar-refractivity contribution in [1.82, 2.24) is 5.32 Å². The molecule has 1 aliphatic heterocycles. The Bertz CT molecular complexity index is 988. The lowest BCUT2D eigenvalue weighted by molar-refractivity contribution is -0.122. The number of halogens is 2. The van der Waals surface area contributed by atoms with Gasteiger partial charge in [-0.3, -0.25) is 14.9 Å². The predicted octanol–water partition coefficient (Wildman–Crippen LogP) is 2.86. The van der Waals surface area contributed by atoms with Crippen LogP contribution in [-0.2, 0) is 9.59 Å². The largest absolute Gasteiger partial charge is 0.503 e. The highest BCUT2D eigenvalue weighted by atomic mass is 35.5. The summed E-state index contributed by atoms with van der Waals surface area (Å²) in [6.45, 7) is 0. The lowest BCUT2D eigenvalue weighted by atomic mass is 10.1. The fourth-order valence-corrected chi connectivity index (χ4v) is 2.70. The van der Waals surface area contributed by atoms with Crippen molar-refractivity contribution in [2.24, 2.45) is 0 Å². The third-order valence-electron chi connectivity index (χ3n) is 3.77. The van der Waals surface area contributed by atoms with E-state index in [-0.39, 0.29) is 27.8 Å². The van der Waals surface area contributed by atoms with Crippen LogP contribution in [0.2, 0.25) is 5.02 Å². The minimum atomic E-state index is -0.949. The summed E-state index contributed by atoms with van der Waals surface area (Å²) in [5.41, 5.74) is 0.0444. The van der Waals surface area contributed by atoms with Crippen LogP contribution in [0.5, 0.6) is 11.5 Å². The first kappa shape index (κ1) is 18.4. The Morgan fingerprint density at radius 2 is 1.85 bits per heavy atom. The SMILES string of the molecule is COc1cc(C=C2C(=O)NC(=O)N(c3ccc(F)cc3)C2=O)cc(Cl)c1O. The molecule has 1 fully saturated rings. The number of carbonyl (C=O) groups is 3. The molecule has 1 aliphatic rings. The Hall–Kier alpha value is -3.39. The molecule has 0 aliphatic carbocycles. The molecular formula is C18H12ClFN2O5. The Kier molecular flexibility index (Phi) is 4.83. The van der Waals surface area contributed by atoms with Crippen molar-refractivity contribution < 1.29 is 28.6 Å². The van der Waals surface area contributed by atoms with Gasteiger partial charge in [0.25, 0.3) is 11.8 Å². The number of aromatic hydroxyl groups is 1. The van der Waals surface area contributed by atoms with Gasteiger partial charge in [-0.15, -0.1) is 0 Å². The highest BCUT2D eigenvalue weighted by Gasteiger charge is 2.36. The van der Waals surface area contributed by atoms with Crippen LogP contribution < -0.4 is 15.0 Å². The Morgan fingerprint density at radius 1 is 1.19 bits per heavy atom. The zero-order chi connectivity index (χ0) is 19.7. The number of benzene rings is 2. The van der Waals surface area contributed by atoms with Crippen LogP contribution in [0.3, 0.4) is 0 Å². The third kappa shape index (κ3) is 3.47. The van der Waals surface area contributed by atoms with E-state index in [2.05, 4.69) is 0 Å². The normalized spacial score (nSPS) is 15.9. The van der Waals surface area contributed by atoms with E-state index in [1.165, 1.54) is 37.5 Å². The van der Waals surface area contributed by atoms with Crippen molar-refractivity contribution >= 4 is 41.2 Å². The summed E-state index contributed by atoms with van der Waals surface area (Å²) >= 11 is 5.91. The third-order valence-corrected chi connectivity index (χ3v) is 4.06. The fraction of sp³-hybridized carbons (Fsp3) is 0.0556. The number of barbiturate groups is 1. The highest BCUT2D eigenvalue weighted by molar-refractivity contribution is 6.39. The van der Waals surface area contributed by atoms with Crippen molar-refractivity contribution in [2.45, 2.75) is 0 Å². The van der Waals surface area contributed by atoms with E-state index in [1.54, 1.807) is 0 Å². The van der Waals surface area contributed by atoms with Crippen LogP contribution in [0.15, 0.2) is 42.0 Å². The van der Waals surface area contributed by atoms with Crippen LogP contribution in [0.4, 0.5) is 14.9 Å². The van der Waals surface area contributed by atoms with E-state index in [0.29, 0.717) is 10.5 Å². The van der Waals surface area contributed by atoms with Gasteiger partial charge < -0.3 is 9.84 Å². The number of rotatable bonds is 3. The molecule has 2 aromatic carbocycles. The second-order valence-electron chi connectivity index (χ2n) is 5.49. The number of phenolic OH excluding ortho intramolecular Hbond substituents is 1. The minimum Gasteiger partial charge on any atom is -0.503 e. The first-order valence-electron chi connectivity index (χ1n) is 7.55. The molecule has 0 unspecified atom stereocenters. The molecule has 0 aromatic heterocycles. The lowest BCUT2D eigenvalue weighted by Crippen LogP contribution is -2.54. The maximum Gasteiger partial charge on any atom is 0.335 e. The highest BCUT2D eigenvalue weighted by Crippen LogP contribution is 2.35. The molecule has 9 heteroatoms. The van der Waals surface area contributed by atoms with Crippen LogP contribution in [0.1, 0.15) is 5.56 Å². The zero-order valence-corrected chi connectivity index (χ0v) is 14.6. The number of amides is 4. The van der Waals surface area contributed by atoms with Gasteiger partial charge in [-0.05, 0) is 48.0 Å². The number of hydrogen-bond donors (Lipinski definition) is 2. The number of methoxy groups -OCH3 is 1. The van der Waals surface area contributed by atoms with Crippen molar-refractivity contribution in [3.63, 3.8) is 0 Å². The van der Waals surface area contributed by atoms with Gasteiger partial charge in [-0.25, -0.2) is 14.1 Å². The van der Waals surface area contributed by atoms with Gasteiger partial charge in [-0.2, -0.15) is 0 Å². The quantitative estimate of drug-likeness (QED) is 0.620. The molecule has 2 aromatic rings. The standard InChI is InChI=1S/C18H12ClFN2O5/c1-27-14-8-9(7-13(19)15(14)23)6-12-16(24)21-18(26)22(17(12)25)11-4-2-10(20)3-5-11/h2-8,23H,1H3,(H,21,24,26). The maximum absolute atomic E-state index is 13.1. The maximum atomic E-state index is 13.1. The summed E-state index contributed by atoms with van der Waals surface area (Å²) in [6.07, 6.45) is 1.20. The molecule has 27 heavy (non-hydrogen) atoms. The predicted molar refractivity (Wildman–Crippen MR) is 95.1 cm³/mol. The average molecular weight is 391 g/mol. The summed E-state index contributed by atoms with van der Waals surface area (Å²) in [7, 11) is 1.32. The number of nitrogens with one attached hydrogen (secondary N) is 1. The summed E-state index contributed by atoms with van der Waals surface area (Å²) in [5.74, 6) is -2.57. The summed E-state index contributed by atoms with van der Waals surface area (Å²) in [4.78, 5) is 37.6. The van der Waals surface area contributed by atoms with Gasteiger partial charge in [0.05, 0.1) is 17.8 Å². The number of imide groups is 2. The van der Waals surface area contributed by atoms with Gasteiger partial charge in [-0.1, -0.05) is 11.6 Å². The van der Waals surface area contributed by atoms with E-state index >= 15 is 0 Å². The Morgan fingerprint density at radius 3 is 2.48 bits per heavy atom. The van der Waals surface area contributed by atoms with Crippen LogP contribution in [0.25, 0.3) is 6.08 Å². The molecule has 4 amide bonds. The van der Waals surface area contributed by atoms with Gasteiger partial charge in [0.1, 0.15) is 11.4 Å². The van der Waals surface area contributed by atoms with Gasteiger partial charge >= 0.3 is 6.03 Å². The van der Waals surface area contributed by atoms with Crippen LogP contribution in [0, 0.1) is 5.82 Å². The molecule has 1 heterocycles. The smallest absolute Gasteiger partial charge is 0.335 e. The molecule has 1 saturated heterocycles. The topological polar surface area (TPSA) is 95.9 Å². The van der Waals surface area contributed by atoms with E-state index in [9.17, 15) is 23.9 Å². The molecule has 138 valence electrons. The number of nitrogens with zero attached hydrogens (tertiary/aromatic N) is 1. The molecule has 0 atom stereocenters. The molecule has 2 N–H and O–H groups in total. The second kappa shape index (κ2) is 7.08. The fourth-order valence-electron chi connectivity index (χ4n) is 2.48. The molecule has 7 nitrogen and oxygen atoms in total. The lowest BCUT2D eigenvalue weighted by Gasteiger charge is -2.26. The van der Waals surface area contributed by atoms with E-state index < -0.39 is 23.7 Å². The molecule has 0 bridgehead atoms. The summed E-state index contributed by atoms with van der Waals surface area (Å²) in [6, 6.07) is 6.39. The first-order valence-corrected chi connectivity index (χ1v) is 7.93. The molecular weight excluding hydrogens is 379 g/mol. The Balaban J connectivity index is 2.04. The Labute approximate surface area is 157 Å². The number of hydrogen-bond acceptors (Lipinski definition) is 5. The van der Waals surface area contributed by atoms with Crippen molar-refractivity contribution in [3.05, 3.63) is 58.4 Å². The number of ether oxygens (including phenoxy) is 1. The average Bonchev–Trinajstić information content (AvgIpc) is 2.62. The van der Waals surface area contributed by atoms with Crippen LogP contribution >= 0.6 is 11.6 Å². The second-order valence-corrected chi connectivity index (χ2v) is 5.90. The number of urea groups is 1. The van der Waals surface area contributed by atoms with E-state index in [0.717, 1.165) is 12.1 Å².